The normalized spacial score (nSPS) is 21.6. The summed E-state index contributed by atoms with van der Waals surface area (Å²) in [6, 6.07) is 15.7. The lowest BCUT2D eigenvalue weighted by atomic mass is 9.85. The molecule has 3 saturated heterocycles. The number of carbonyl (C=O) groups excluding carboxylic acids is 2. The van der Waals surface area contributed by atoms with Crippen LogP contribution in [0.2, 0.25) is 0 Å². The zero-order chi connectivity index (χ0) is 31.9. The number of amides is 2. The highest BCUT2D eigenvalue weighted by atomic mass is 16.2. The number of hydrogen-bond acceptors (Lipinski definition) is 9. The molecule has 11 nitrogen and oxygen atoms in total. The average molecular weight is 634 g/mol. The molecule has 4 aliphatic heterocycles. The van der Waals surface area contributed by atoms with E-state index in [0.717, 1.165) is 86.5 Å². The predicted molar refractivity (Wildman–Crippen MR) is 182 cm³/mol. The summed E-state index contributed by atoms with van der Waals surface area (Å²) in [4.78, 5) is 38.8. The first-order chi connectivity index (χ1) is 23.0. The number of anilines is 3. The number of likely N-dealkylation sites (tertiary alicyclic amines) is 1. The smallest absolute Gasteiger partial charge is 0.235 e. The van der Waals surface area contributed by atoms with Gasteiger partial charge in [-0.05, 0) is 99.5 Å². The van der Waals surface area contributed by atoms with E-state index in [1.807, 2.05) is 17.9 Å². The van der Waals surface area contributed by atoms with Gasteiger partial charge in [-0.25, -0.2) is 9.97 Å². The van der Waals surface area contributed by atoms with Crippen LogP contribution in [0.3, 0.4) is 0 Å². The largest absolute Gasteiger partial charge is 0.371 e. The van der Waals surface area contributed by atoms with Gasteiger partial charge in [0.25, 0.3) is 0 Å². The molecule has 0 radical (unpaired) electrons. The fourth-order valence-electron chi connectivity index (χ4n) is 8.18. The Bertz CT molecular complexity index is 1790. The molecule has 2 aromatic carbocycles. The Kier molecular flexibility index (Phi) is 8.10. The van der Waals surface area contributed by atoms with Crippen molar-refractivity contribution >= 4 is 40.0 Å². The first-order valence-corrected chi connectivity index (χ1v) is 17.2. The maximum Gasteiger partial charge on any atom is 0.235 e. The van der Waals surface area contributed by atoms with Gasteiger partial charge in [0.1, 0.15) is 0 Å². The molecule has 0 bridgehead atoms. The summed E-state index contributed by atoms with van der Waals surface area (Å²) in [5, 5.41) is 15.1. The molecular weight excluding hydrogens is 590 g/mol. The molecule has 2 aromatic heterocycles. The molecule has 3 fully saturated rings. The highest BCUT2D eigenvalue weighted by molar-refractivity contribution is 6.02. The summed E-state index contributed by atoms with van der Waals surface area (Å²) in [7, 11) is 1.98. The number of nitrogens with one attached hydrogen (secondary N) is 3. The summed E-state index contributed by atoms with van der Waals surface area (Å²) in [6.07, 6.45) is 8.41. The zero-order valence-corrected chi connectivity index (χ0v) is 27.0. The molecule has 8 rings (SSSR count). The van der Waals surface area contributed by atoms with E-state index in [4.69, 9.17) is 10.1 Å². The molecule has 1 unspecified atom stereocenters. The summed E-state index contributed by atoms with van der Waals surface area (Å²) < 4.78 is 1.95. The number of rotatable bonds is 6. The van der Waals surface area contributed by atoms with Gasteiger partial charge in [-0.3, -0.25) is 19.6 Å². The maximum absolute atomic E-state index is 12.6. The molecule has 11 heteroatoms. The minimum absolute atomic E-state index is 0.193. The zero-order valence-electron chi connectivity index (χ0n) is 27.0. The van der Waals surface area contributed by atoms with Gasteiger partial charge in [-0.2, -0.15) is 5.10 Å². The van der Waals surface area contributed by atoms with E-state index in [1.54, 1.807) is 0 Å². The van der Waals surface area contributed by atoms with E-state index < -0.39 is 0 Å². The fraction of sp³-hybridized carbons (Fsp3) is 0.472. The second kappa shape index (κ2) is 12.7. The number of benzene rings is 2. The molecule has 47 heavy (non-hydrogen) atoms. The molecular formula is C36H43N9O2. The molecule has 0 aliphatic carbocycles. The van der Waals surface area contributed by atoms with Crippen LogP contribution in [0, 0.1) is 0 Å². The van der Waals surface area contributed by atoms with Crippen LogP contribution in [-0.4, -0.2) is 75.2 Å². The van der Waals surface area contributed by atoms with Crippen molar-refractivity contribution in [1.82, 2.24) is 35.3 Å². The number of aromatic nitrogens is 4. The van der Waals surface area contributed by atoms with E-state index in [9.17, 15) is 9.59 Å². The van der Waals surface area contributed by atoms with Crippen molar-refractivity contribution in [3.63, 3.8) is 0 Å². The van der Waals surface area contributed by atoms with Crippen molar-refractivity contribution in [1.29, 1.82) is 0 Å². The standard InChI is InChI=1S/C36H43N9O2/c1-43-34-28(3-2-4-29(34)33(42-43)30-9-10-32(46)41-35(30)47)23-12-17-44(18-13-23)27-14-19-45(20-15-27)26-7-5-25(6-8-26)39-36-38-21-24-11-16-37-22-31(24)40-36/h2-8,21,23,27,30,37H,9-20,22H2,1H3,(H,38,39,40)(H,41,46,47). The van der Waals surface area contributed by atoms with Crippen LogP contribution in [0.15, 0.2) is 48.7 Å². The van der Waals surface area contributed by atoms with Gasteiger partial charge < -0.3 is 20.4 Å². The minimum Gasteiger partial charge on any atom is -0.371 e. The average Bonchev–Trinajstić information content (AvgIpc) is 3.45. The first-order valence-electron chi connectivity index (χ1n) is 17.2. The Labute approximate surface area is 275 Å². The Balaban J connectivity index is 0.860. The molecule has 3 N–H and O–H groups in total. The van der Waals surface area contributed by atoms with Crippen molar-refractivity contribution in [3.05, 3.63) is 71.2 Å². The van der Waals surface area contributed by atoms with Gasteiger partial charge in [-0.1, -0.05) is 18.2 Å². The molecule has 6 heterocycles. The van der Waals surface area contributed by atoms with Crippen LogP contribution < -0.4 is 20.9 Å². The van der Waals surface area contributed by atoms with E-state index in [-0.39, 0.29) is 17.7 Å². The Morgan fingerprint density at radius 2 is 1.72 bits per heavy atom. The van der Waals surface area contributed by atoms with Crippen molar-refractivity contribution in [3.8, 4) is 0 Å². The Morgan fingerprint density at radius 1 is 0.915 bits per heavy atom. The monoisotopic (exact) mass is 633 g/mol. The summed E-state index contributed by atoms with van der Waals surface area (Å²) in [5.41, 5.74) is 7.86. The van der Waals surface area contributed by atoms with Gasteiger partial charge in [0, 0.05) is 62.1 Å². The van der Waals surface area contributed by atoms with E-state index in [1.165, 1.54) is 29.7 Å². The number of nitrogens with zero attached hydrogens (tertiary/aromatic N) is 6. The topological polar surface area (TPSA) is 120 Å². The van der Waals surface area contributed by atoms with Crippen molar-refractivity contribution in [2.24, 2.45) is 7.05 Å². The number of aryl methyl sites for hydroxylation is 1. The van der Waals surface area contributed by atoms with Crippen LogP contribution in [0.25, 0.3) is 10.9 Å². The number of piperidine rings is 3. The predicted octanol–water partition coefficient (Wildman–Crippen LogP) is 4.12. The highest BCUT2D eigenvalue weighted by Gasteiger charge is 2.34. The molecule has 4 aromatic rings. The first kappa shape index (κ1) is 30.0. The number of fused-ring (bicyclic) bond motifs is 2. The van der Waals surface area contributed by atoms with Crippen LogP contribution in [0.5, 0.6) is 0 Å². The lowest BCUT2D eigenvalue weighted by molar-refractivity contribution is -0.134. The van der Waals surface area contributed by atoms with Gasteiger partial charge >= 0.3 is 0 Å². The lowest BCUT2D eigenvalue weighted by Gasteiger charge is -2.42. The van der Waals surface area contributed by atoms with Crippen molar-refractivity contribution < 1.29 is 9.59 Å². The lowest BCUT2D eigenvalue weighted by Crippen LogP contribution is -2.47. The van der Waals surface area contributed by atoms with E-state index >= 15 is 0 Å². The van der Waals surface area contributed by atoms with E-state index in [0.29, 0.717) is 30.7 Å². The third-order valence-corrected chi connectivity index (χ3v) is 10.8. The SMILES string of the molecule is Cn1nc(C2CCC(=O)NC2=O)c2cccc(C3CCN(C4CCN(c5ccc(Nc6ncc7c(n6)CNCC7)cc5)CC4)CC3)c21. The third kappa shape index (κ3) is 5.98. The number of para-hydroxylation sites is 1. The Morgan fingerprint density at radius 3 is 2.51 bits per heavy atom. The van der Waals surface area contributed by atoms with Crippen LogP contribution in [-0.2, 0) is 29.6 Å². The summed E-state index contributed by atoms with van der Waals surface area (Å²) in [5.74, 6) is 0.325. The summed E-state index contributed by atoms with van der Waals surface area (Å²) >= 11 is 0. The number of imide groups is 1. The van der Waals surface area contributed by atoms with Gasteiger partial charge in [-0.15, -0.1) is 0 Å². The van der Waals surface area contributed by atoms with Crippen molar-refractivity contribution in [2.75, 3.05) is 42.9 Å². The number of hydrogen-bond donors (Lipinski definition) is 3. The van der Waals surface area contributed by atoms with Crippen LogP contribution in [0.4, 0.5) is 17.3 Å². The molecule has 1 atom stereocenters. The summed E-state index contributed by atoms with van der Waals surface area (Å²) in [6.45, 7) is 6.12. The van der Waals surface area contributed by atoms with E-state index in [2.05, 4.69) is 73.2 Å². The maximum atomic E-state index is 12.6. The number of carbonyl (C=O) groups is 2. The second-order valence-corrected chi connectivity index (χ2v) is 13.5. The molecule has 244 valence electrons. The fourth-order valence-corrected chi connectivity index (χ4v) is 8.18. The molecule has 0 saturated carbocycles. The van der Waals surface area contributed by atoms with Crippen LogP contribution in [0.1, 0.15) is 72.9 Å². The highest BCUT2D eigenvalue weighted by Crippen LogP contribution is 2.38. The quantitative estimate of drug-likeness (QED) is 0.270. The van der Waals surface area contributed by atoms with Gasteiger partial charge in [0.05, 0.1) is 22.8 Å². The minimum atomic E-state index is -0.374. The van der Waals surface area contributed by atoms with Crippen LogP contribution >= 0.6 is 0 Å². The third-order valence-electron chi connectivity index (χ3n) is 10.8. The molecule has 4 aliphatic rings. The van der Waals surface area contributed by atoms with Gasteiger partial charge in [0.15, 0.2) is 0 Å². The Hall–Kier alpha value is -4.35. The second-order valence-electron chi connectivity index (χ2n) is 13.5. The molecule has 2 amide bonds. The molecule has 0 spiro atoms. The van der Waals surface area contributed by atoms with Gasteiger partial charge in [0.2, 0.25) is 17.8 Å². The van der Waals surface area contributed by atoms with Crippen molar-refractivity contribution in [2.45, 2.75) is 69.4 Å².